The Bertz CT molecular complexity index is 797. The third-order valence-corrected chi connectivity index (χ3v) is 4.68. The van der Waals surface area contributed by atoms with Crippen LogP contribution in [0.15, 0.2) is 47.1 Å². The first-order chi connectivity index (χ1) is 13.5. The van der Waals surface area contributed by atoms with Gasteiger partial charge in [0, 0.05) is 18.8 Å². The van der Waals surface area contributed by atoms with Crippen LogP contribution in [0.5, 0.6) is 0 Å². The van der Waals surface area contributed by atoms with Gasteiger partial charge < -0.3 is 20.1 Å². The van der Waals surface area contributed by atoms with E-state index in [0.29, 0.717) is 11.3 Å². The summed E-state index contributed by atoms with van der Waals surface area (Å²) < 4.78 is 10.7. The Hall–Kier alpha value is -2.94. The number of anilines is 1. The molecule has 1 unspecified atom stereocenters. The quantitative estimate of drug-likeness (QED) is 0.684. The highest BCUT2D eigenvalue weighted by Crippen LogP contribution is 2.40. The van der Waals surface area contributed by atoms with Crippen molar-refractivity contribution in [1.82, 2.24) is 0 Å². The van der Waals surface area contributed by atoms with Crippen molar-refractivity contribution in [2.75, 3.05) is 24.6 Å². The first kappa shape index (κ1) is 21.4. The van der Waals surface area contributed by atoms with Gasteiger partial charge >= 0.3 is 5.97 Å². The summed E-state index contributed by atoms with van der Waals surface area (Å²) in [5.41, 5.74) is 8.41. The van der Waals surface area contributed by atoms with E-state index in [4.69, 9.17) is 15.2 Å². The number of rotatable bonds is 8. The highest BCUT2D eigenvalue weighted by Gasteiger charge is 2.36. The minimum Gasteiger partial charge on any atom is -0.463 e. The highest BCUT2D eigenvalue weighted by atomic mass is 16.5. The van der Waals surface area contributed by atoms with E-state index in [1.165, 1.54) is 0 Å². The van der Waals surface area contributed by atoms with Gasteiger partial charge in [0.2, 0.25) is 5.88 Å². The van der Waals surface area contributed by atoms with Crippen LogP contribution in [-0.4, -0.2) is 25.7 Å². The number of nitriles is 1. The summed E-state index contributed by atoms with van der Waals surface area (Å²) in [6, 6.07) is 10.0. The van der Waals surface area contributed by atoms with Gasteiger partial charge in [-0.2, -0.15) is 5.26 Å². The van der Waals surface area contributed by atoms with Crippen molar-refractivity contribution in [1.29, 1.82) is 5.26 Å². The fourth-order valence-electron chi connectivity index (χ4n) is 3.48. The predicted octanol–water partition coefficient (Wildman–Crippen LogP) is 3.96. The largest absolute Gasteiger partial charge is 0.463 e. The molecule has 6 heteroatoms. The van der Waals surface area contributed by atoms with Crippen molar-refractivity contribution in [2.45, 2.75) is 46.5 Å². The average Bonchev–Trinajstić information content (AvgIpc) is 2.67. The number of ether oxygens (including phenoxy) is 2. The van der Waals surface area contributed by atoms with Gasteiger partial charge in [-0.05, 0) is 44.4 Å². The molecule has 0 fully saturated rings. The van der Waals surface area contributed by atoms with Crippen LogP contribution >= 0.6 is 0 Å². The second-order valence-electron chi connectivity index (χ2n) is 6.69. The lowest BCUT2D eigenvalue weighted by atomic mass is 9.83. The maximum absolute atomic E-state index is 12.6. The molecule has 0 radical (unpaired) electrons. The molecule has 0 bridgehead atoms. The van der Waals surface area contributed by atoms with Crippen molar-refractivity contribution in [3.8, 4) is 6.07 Å². The number of benzene rings is 1. The molecule has 2 rings (SSSR count). The molecule has 150 valence electrons. The van der Waals surface area contributed by atoms with Gasteiger partial charge in [-0.3, -0.25) is 0 Å². The van der Waals surface area contributed by atoms with Gasteiger partial charge in [-0.1, -0.05) is 26.0 Å². The Morgan fingerprint density at radius 3 is 2.32 bits per heavy atom. The number of carbonyl (C=O) groups is 1. The Labute approximate surface area is 167 Å². The lowest BCUT2D eigenvalue weighted by Gasteiger charge is -2.28. The maximum Gasteiger partial charge on any atom is 0.338 e. The predicted molar refractivity (Wildman–Crippen MR) is 109 cm³/mol. The zero-order chi connectivity index (χ0) is 20.7. The second kappa shape index (κ2) is 9.84. The third-order valence-electron chi connectivity index (χ3n) is 4.68. The number of carbonyl (C=O) groups excluding carboxylic acids is 1. The van der Waals surface area contributed by atoms with E-state index in [0.717, 1.165) is 37.2 Å². The van der Waals surface area contributed by atoms with Crippen LogP contribution in [0.3, 0.4) is 0 Å². The molecular formula is C22H29N3O3. The number of nitrogens with two attached hydrogens (primary N) is 1. The fourth-order valence-corrected chi connectivity index (χ4v) is 3.48. The van der Waals surface area contributed by atoms with E-state index >= 15 is 0 Å². The molecular weight excluding hydrogens is 354 g/mol. The van der Waals surface area contributed by atoms with E-state index < -0.39 is 11.9 Å². The first-order valence-electron chi connectivity index (χ1n) is 9.78. The zero-order valence-electron chi connectivity index (χ0n) is 17.1. The van der Waals surface area contributed by atoms with E-state index in [-0.39, 0.29) is 18.1 Å². The number of nitrogens with zero attached hydrogens (tertiary/aromatic N) is 2. The molecule has 1 atom stereocenters. The van der Waals surface area contributed by atoms with Crippen LogP contribution in [0.25, 0.3) is 0 Å². The normalized spacial score (nSPS) is 16.5. The zero-order valence-corrected chi connectivity index (χ0v) is 17.1. The number of hydrogen-bond acceptors (Lipinski definition) is 6. The molecule has 6 nitrogen and oxygen atoms in total. The third kappa shape index (κ3) is 4.48. The van der Waals surface area contributed by atoms with Gasteiger partial charge in [0.05, 0.1) is 18.1 Å². The van der Waals surface area contributed by atoms with E-state index in [1.54, 1.807) is 13.8 Å². The Morgan fingerprint density at radius 1 is 1.21 bits per heavy atom. The van der Waals surface area contributed by atoms with Crippen LogP contribution < -0.4 is 10.6 Å². The van der Waals surface area contributed by atoms with Crippen LogP contribution in [0.1, 0.15) is 52.0 Å². The molecule has 0 aromatic heterocycles. The molecule has 1 aromatic carbocycles. The van der Waals surface area contributed by atoms with Crippen molar-refractivity contribution in [3.05, 3.63) is 52.6 Å². The summed E-state index contributed by atoms with van der Waals surface area (Å²) in [5.74, 6) is -0.700. The molecule has 0 spiro atoms. The minimum absolute atomic E-state index is 0.0284. The molecule has 1 aromatic rings. The van der Waals surface area contributed by atoms with Gasteiger partial charge in [0.1, 0.15) is 17.4 Å². The van der Waals surface area contributed by atoms with Crippen LogP contribution in [0.2, 0.25) is 0 Å². The molecule has 1 heterocycles. The van der Waals surface area contributed by atoms with E-state index in [9.17, 15) is 10.1 Å². The van der Waals surface area contributed by atoms with Gasteiger partial charge in [-0.25, -0.2) is 4.79 Å². The molecule has 0 amide bonds. The van der Waals surface area contributed by atoms with Gasteiger partial charge in [0.25, 0.3) is 0 Å². The average molecular weight is 383 g/mol. The molecule has 1 aliphatic heterocycles. The fraction of sp³-hybridized carbons (Fsp3) is 0.455. The summed E-state index contributed by atoms with van der Waals surface area (Å²) in [6.45, 7) is 9.93. The molecule has 28 heavy (non-hydrogen) atoms. The van der Waals surface area contributed by atoms with Crippen LogP contribution in [0.4, 0.5) is 5.69 Å². The standard InChI is InChI=1S/C22H29N3O3/c1-5-12-25(13-6-2)17-10-8-16(9-11-17)20-18(14-23)21(24)28-15(4)19(20)22(26)27-7-3/h8-11,20H,5-7,12-13,24H2,1-4H3. The Balaban J connectivity index is 2.46. The van der Waals surface area contributed by atoms with Crippen molar-refractivity contribution >= 4 is 11.7 Å². The lowest BCUT2D eigenvalue weighted by molar-refractivity contribution is -0.139. The number of hydrogen-bond donors (Lipinski definition) is 1. The van der Waals surface area contributed by atoms with Crippen molar-refractivity contribution < 1.29 is 14.3 Å². The van der Waals surface area contributed by atoms with Crippen LogP contribution in [-0.2, 0) is 14.3 Å². The molecule has 0 aliphatic carbocycles. The summed E-state index contributed by atoms with van der Waals surface area (Å²) >= 11 is 0. The van der Waals surface area contributed by atoms with E-state index in [2.05, 4.69) is 24.8 Å². The number of allylic oxidation sites excluding steroid dienone is 2. The van der Waals surface area contributed by atoms with Crippen molar-refractivity contribution in [3.63, 3.8) is 0 Å². The van der Waals surface area contributed by atoms with Gasteiger partial charge in [0.15, 0.2) is 0 Å². The molecule has 0 saturated carbocycles. The monoisotopic (exact) mass is 383 g/mol. The van der Waals surface area contributed by atoms with E-state index in [1.807, 2.05) is 24.3 Å². The van der Waals surface area contributed by atoms with Crippen molar-refractivity contribution in [2.24, 2.45) is 5.73 Å². The second-order valence-corrected chi connectivity index (χ2v) is 6.69. The smallest absolute Gasteiger partial charge is 0.338 e. The molecule has 2 N–H and O–H groups in total. The maximum atomic E-state index is 12.6. The number of esters is 1. The summed E-state index contributed by atoms with van der Waals surface area (Å²) in [5, 5.41) is 9.64. The Morgan fingerprint density at radius 2 is 1.82 bits per heavy atom. The summed E-state index contributed by atoms with van der Waals surface area (Å²) in [4.78, 5) is 14.9. The topological polar surface area (TPSA) is 88.6 Å². The molecule has 1 aliphatic rings. The Kier molecular flexibility index (Phi) is 7.51. The SMILES string of the molecule is CCCN(CCC)c1ccc(C2C(C#N)=C(N)OC(C)=C2C(=O)OCC)cc1. The van der Waals surface area contributed by atoms with Gasteiger partial charge in [-0.15, -0.1) is 0 Å². The minimum atomic E-state index is -0.599. The summed E-state index contributed by atoms with van der Waals surface area (Å²) in [6.07, 6.45) is 2.13. The first-order valence-corrected chi connectivity index (χ1v) is 9.78. The highest BCUT2D eigenvalue weighted by molar-refractivity contribution is 5.92. The van der Waals surface area contributed by atoms with Crippen LogP contribution in [0, 0.1) is 11.3 Å². The lowest BCUT2D eigenvalue weighted by Crippen LogP contribution is -2.26. The molecule has 0 saturated heterocycles. The summed E-state index contributed by atoms with van der Waals surface area (Å²) in [7, 11) is 0.